The molecule has 2 aliphatic heterocycles. The number of fused-ring (bicyclic) bond motifs is 1. The number of nitrogen functional groups attached to an aromatic ring is 1. The molecule has 0 spiro atoms. The number of nitrogens with zero attached hydrogens (tertiary/aromatic N) is 7. The van der Waals surface area contributed by atoms with Crippen LogP contribution in [0.4, 0.5) is 5.13 Å². The van der Waals surface area contributed by atoms with Crippen molar-refractivity contribution in [1.82, 2.24) is 40.3 Å². The number of thiazole rings is 1. The molecule has 0 radical (unpaired) electrons. The van der Waals surface area contributed by atoms with Crippen molar-refractivity contribution in [2.24, 2.45) is 0 Å². The standard InChI is InChI=1S/C26H37N9O6S3/c1-5-6-7-8-19(37)40-15(2)41-24(39)21-16(13-44-26-30-31-32-34(26)10-9-33(3)4)12-42-23-20(22(38)35(21)23)29-18(36)11-17-14-43-25(27)28-17/h14-15,20,23H,5-13H2,1-4H3,(H2,27,28)(H,29,36)/t15?,20-,23-/m1/s1. The molecule has 2 aliphatic rings. The van der Waals surface area contributed by atoms with Crippen molar-refractivity contribution in [3.05, 3.63) is 22.3 Å². The number of carbonyl (C=O) groups is 4. The molecule has 44 heavy (non-hydrogen) atoms. The summed E-state index contributed by atoms with van der Waals surface area (Å²) in [6, 6.07) is -0.826. The van der Waals surface area contributed by atoms with Gasteiger partial charge in [0, 0.05) is 36.8 Å². The highest BCUT2D eigenvalue weighted by atomic mass is 32.2. The van der Waals surface area contributed by atoms with E-state index in [9.17, 15) is 19.2 Å². The molecule has 0 aromatic carbocycles. The predicted molar refractivity (Wildman–Crippen MR) is 165 cm³/mol. The van der Waals surface area contributed by atoms with Crippen molar-refractivity contribution >= 4 is 63.7 Å². The van der Waals surface area contributed by atoms with Crippen LogP contribution in [0.25, 0.3) is 0 Å². The summed E-state index contributed by atoms with van der Waals surface area (Å²) in [5, 5.41) is 16.8. The van der Waals surface area contributed by atoms with Crippen LogP contribution in [0.1, 0.15) is 45.2 Å². The fourth-order valence-electron chi connectivity index (χ4n) is 4.46. The van der Waals surface area contributed by atoms with E-state index >= 15 is 0 Å². The van der Waals surface area contributed by atoms with Crippen molar-refractivity contribution in [3.8, 4) is 0 Å². The highest BCUT2D eigenvalue weighted by Gasteiger charge is 2.54. The summed E-state index contributed by atoms with van der Waals surface area (Å²) in [5.41, 5.74) is 6.88. The molecule has 0 aliphatic carbocycles. The van der Waals surface area contributed by atoms with Crippen molar-refractivity contribution in [2.45, 2.75) is 75.4 Å². The summed E-state index contributed by atoms with van der Waals surface area (Å²) in [6.45, 7) is 4.80. The Balaban J connectivity index is 1.47. The summed E-state index contributed by atoms with van der Waals surface area (Å²) in [7, 11) is 3.90. The number of carbonyl (C=O) groups excluding carboxylic acids is 4. The topological polar surface area (TPSA) is 188 Å². The number of nitrogens with one attached hydrogen (secondary N) is 1. The molecule has 240 valence electrons. The number of aromatic nitrogens is 5. The number of hydrogen-bond donors (Lipinski definition) is 2. The number of esters is 2. The number of thioether (sulfide) groups is 2. The maximum absolute atomic E-state index is 13.5. The zero-order valence-electron chi connectivity index (χ0n) is 25.1. The Morgan fingerprint density at radius 3 is 2.77 bits per heavy atom. The molecular formula is C26H37N9O6S3. The van der Waals surface area contributed by atoms with Gasteiger partial charge in [0.2, 0.25) is 17.4 Å². The Morgan fingerprint density at radius 2 is 2.07 bits per heavy atom. The lowest BCUT2D eigenvalue weighted by atomic mass is 10.0. The fourth-order valence-corrected chi connectivity index (χ4v) is 7.41. The van der Waals surface area contributed by atoms with Crippen LogP contribution in [0.5, 0.6) is 0 Å². The molecule has 18 heteroatoms. The Labute approximate surface area is 267 Å². The minimum absolute atomic E-state index is 0.0226. The van der Waals surface area contributed by atoms with Gasteiger partial charge >= 0.3 is 11.9 Å². The van der Waals surface area contributed by atoms with E-state index in [1.807, 2.05) is 25.9 Å². The molecule has 1 saturated heterocycles. The van der Waals surface area contributed by atoms with E-state index in [-0.39, 0.29) is 24.4 Å². The number of β-lactam (4-membered cyclic amide) rings is 1. The maximum atomic E-state index is 13.5. The van der Waals surface area contributed by atoms with Crippen LogP contribution in [-0.4, -0.2) is 109 Å². The largest absolute Gasteiger partial charge is 0.425 e. The highest BCUT2D eigenvalue weighted by molar-refractivity contribution is 8.01. The lowest BCUT2D eigenvalue weighted by molar-refractivity contribution is -0.184. The van der Waals surface area contributed by atoms with Crippen molar-refractivity contribution in [1.29, 1.82) is 0 Å². The van der Waals surface area contributed by atoms with E-state index in [1.165, 1.54) is 46.7 Å². The number of unbranched alkanes of at least 4 members (excludes halogenated alkanes) is 2. The van der Waals surface area contributed by atoms with E-state index in [0.717, 1.165) is 19.4 Å². The average molecular weight is 668 g/mol. The molecule has 2 aromatic heterocycles. The van der Waals surface area contributed by atoms with Crippen LogP contribution in [0.3, 0.4) is 0 Å². The summed E-state index contributed by atoms with van der Waals surface area (Å²) in [6.07, 6.45) is 1.58. The second kappa shape index (κ2) is 15.7. The van der Waals surface area contributed by atoms with E-state index in [2.05, 4.69) is 25.8 Å². The van der Waals surface area contributed by atoms with Gasteiger partial charge in [-0.15, -0.1) is 28.2 Å². The van der Waals surface area contributed by atoms with Crippen LogP contribution in [0.15, 0.2) is 21.8 Å². The first kappa shape index (κ1) is 33.7. The molecular weight excluding hydrogens is 631 g/mol. The molecule has 4 heterocycles. The molecule has 0 bridgehead atoms. The smallest absolute Gasteiger partial charge is 0.358 e. The van der Waals surface area contributed by atoms with E-state index in [1.54, 1.807) is 10.1 Å². The van der Waals surface area contributed by atoms with Gasteiger partial charge in [-0.3, -0.25) is 19.3 Å². The van der Waals surface area contributed by atoms with Crippen LogP contribution in [0.2, 0.25) is 0 Å². The van der Waals surface area contributed by atoms with Crippen molar-refractivity contribution in [3.63, 3.8) is 0 Å². The zero-order chi connectivity index (χ0) is 31.8. The van der Waals surface area contributed by atoms with Gasteiger partial charge in [-0.1, -0.05) is 31.5 Å². The molecule has 1 unspecified atom stereocenters. The number of hydrogen-bond acceptors (Lipinski definition) is 15. The summed E-state index contributed by atoms with van der Waals surface area (Å²) in [5.74, 6) is -1.37. The zero-order valence-corrected chi connectivity index (χ0v) is 27.5. The number of nitrogens with two attached hydrogens (primary N) is 1. The number of amides is 2. The number of ether oxygens (including phenoxy) is 2. The molecule has 3 atom stereocenters. The first-order valence-electron chi connectivity index (χ1n) is 14.2. The minimum Gasteiger partial charge on any atom is -0.425 e. The fraction of sp³-hybridized carbons (Fsp3) is 0.615. The third-order valence-electron chi connectivity index (χ3n) is 6.66. The lowest BCUT2D eigenvalue weighted by Crippen LogP contribution is -2.70. The SMILES string of the molecule is CCCCCC(=O)OC(C)OC(=O)C1=C(CSc2nnnn2CCN(C)C)CS[C@@H]2[C@H](NC(=O)Cc3csc(N)n3)C(=O)N12. The van der Waals surface area contributed by atoms with Gasteiger partial charge in [0.25, 0.3) is 5.91 Å². The molecule has 2 aromatic rings. The van der Waals surface area contributed by atoms with Gasteiger partial charge in [0.1, 0.15) is 17.1 Å². The van der Waals surface area contributed by atoms with Gasteiger partial charge in [-0.2, -0.15) is 0 Å². The molecule has 2 amide bonds. The summed E-state index contributed by atoms with van der Waals surface area (Å²) >= 11 is 4.00. The highest BCUT2D eigenvalue weighted by Crippen LogP contribution is 2.42. The Hall–Kier alpha value is -3.22. The molecule has 15 nitrogen and oxygen atoms in total. The number of tetrazole rings is 1. The predicted octanol–water partition coefficient (Wildman–Crippen LogP) is 1.27. The number of anilines is 1. The van der Waals surface area contributed by atoms with Gasteiger partial charge in [-0.05, 0) is 36.5 Å². The van der Waals surface area contributed by atoms with Crippen molar-refractivity contribution in [2.75, 3.05) is 37.9 Å². The van der Waals surface area contributed by atoms with Crippen LogP contribution >= 0.6 is 34.9 Å². The van der Waals surface area contributed by atoms with Crippen LogP contribution in [-0.2, 0) is 41.6 Å². The summed E-state index contributed by atoms with van der Waals surface area (Å²) in [4.78, 5) is 59.3. The lowest BCUT2D eigenvalue weighted by Gasteiger charge is -2.49. The third-order valence-corrected chi connectivity index (χ3v) is 9.76. The first-order valence-corrected chi connectivity index (χ1v) is 17.1. The molecule has 0 saturated carbocycles. The average Bonchev–Trinajstić information content (AvgIpc) is 3.60. The number of likely N-dealkylation sites (N-methyl/N-ethyl adjacent to an activating group) is 1. The minimum atomic E-state index is -1.15. The number of rotatable bonds is 16. The van der Waals surface area contributed by atoms with Gasteiger partial charge in [0.15, 0.2) is 5.13 Å². The van der Waals surface area contributed by atoms with E-state index < -0.39 is 35.6 Å². The third kappa shape index (κ3) is 8.70. The van der Waals surface area contributed by atoms with Gasteiger partial charge in [-0.25, -0.2) is 14.5 Å². The van der Waals surface area contributed by atoms with E-state index in [4.69, 9.17) is 15.2 Å². The molecule has 3 N–H and O–H groups in total. The van der Waals surface area contributed by atoms with Crippen molar-refractivity contribution < 1.29 is 28.7 Å². The monoisotopic (exact) mass is 667 g/mol. The normalized spacial score (nSPS) is 18.6. The van der Waals surface area contributed by atoms with E-state index in [0.29, 0.717) is 46.0 Å². The van der Waals surface area contributed by atoms with Gasteiger partial charge < -0.3 is 25.4 Å². The first-order chi connectivity index (χ1) is 21.1. The molecule has 4 rings (SSSR count). The summed E-state index contributed by atoms with van der Waals surface area (Å²) < 4.78 is 12.5. The van der Waals surface area contributed by atoms with Crippen LogP contribution in [0, 0.1) is 0 Å². The Kier molecular flexibility index (Phi) is 12.0. The quantitative estimate of drug-likeness (QED) is 0.0856. The Morgan fingerprint density at radius 1 is 1.27 bits per heavy atom. The second-order valence-corrected chi connectivity index (χ2v) is 13.4. The second-order valence-electron chi connectivity index (χ2n) is 10.5. The van der Waals surface area contributed by atoms with Crippen LogP contribution < -0.4 is 11.1 Å². The Bertz CT molecular complexity index is 1380. The molecule has 1 fully saturated rings. The van der Waals surface area contributed by atoms with Gasteiger partial charge in [0.05, 0.1) is 18.7 Å². The maximum Gasteiger partial charge on any atom is 0.358 e.